The molecular weight excluding hydrogens is 242 g/mol. The third kappa shape index (κ3) is 1.99. The first-order valence-corrected chi connectivity index (χ1v) is 5.88. The van der Waals surface area contributed by atoms with Crippen LogP contribution in [-0.2, 0) is 0 Å². The lowest BCUT2D eigenvalue weighted by Crippen LogP contribution is -1.85. The van der Waals surface area contributed by atoms with E-state index in [9.17, 15) is 5.11 Å². The van der Waals surface area contributed by atoms with E-state index < -0.39 is 0 Å². The molecule has 0 radical (unpaired) electrons. The quantitative estimate of drug-likeness (QED) is 0.738. The highest BCUT2D eigenvalue weighted by molar-refractivity contribution is 5.78. The van der Waals surface area contributed by atoms with Crippen molar-refractivity contribution >= 4 is 11.2 Å². The minimum Gasteiger partial charge on any atom is -0.507 e. The van der Waals surface area contributed by atoms with E-state index >= 15 is 0 Å². The van der Waals surface area contributed by atoms with Crippen LogP contribution in [0.2, 0.25) is 0 Å². The first-order valence-electron chi connectivity index (χ1n) is 5.88. The molecule has 2 N–H and O–H groups in total. The van der Waals surface area contributed by atoms with Crippen LogP contribution in [-0.4, -0.2) is 27.2 Å². The summed E-state index contributed by atoms with van der Waals surface area (Å²) < 4.78 is 5.06. The van der Waals surface area contributed by atoms with Gasteiger partial charge in [0.05, 0.1) is 18.2 Å². The van der Waals surface area contributed by atoms with Crippen LogP contribution in [0.3, 0.4) is 0 Å². The number of hydrogen-bond acceptors (Lipinski definition) is 4. The molecule has 19 heavy (non-hydrogen) atoms. The number of aryl methyl sites for hydroxylation is 1. The summed E-state index contributed by atoms with van der Waals surface area (Å²) in [7, 11) is 1.56. The maximum Gasteiger partial charge on any atom is 0.178 e. The van der Waals surface area contributed by atoms with Gasteiger partial charge in [0.1, 0.15) is 17.3 Å². The number of pyridine rings is 1. The predicted molar refractivity (Wildman–Crippen MR) is 72.3 cm³/mol. The average molecular weight is 255 g/mol. The van der Waals surface area contributed by atoms with E-state index in [2.05, 4.69) is 15.0 Å². The Bertz CT molecular complexity index is 750. The van der Waals surface area contributed by atoms with Crippen LogP contribution in [0.5, 0.6) is 11.5 Å². The van der Waals surface area contributed by atoms with E-state index in [0.717, 1.165) is 11.2 Å². The number of benzene rings is 1. The fourth-order valence-corrected chi connectivity index (χ4v) is 1.95. The van der Waals surface area contributed by atoms with Crippen molar-refractivity contribution in [3.63, 3.8) is 0 Å². The number of phenols is 1. The van der Waals surface area contributed by atoms with Gasteiger partial charge in [0.25, 0.3) is 0 Å². The van der Waals surface area contributed by atoms with Gasteiger partial charge in [0, 0.05) is 11.8 Å². The Balaban J connectivity index is 2.13. The number of phenolic OH excluding ortho intramolecular Hbond substituents is 1. The molecule has 96 valence electrons. The van der Waals surface area contributed by atoms with Crippen molar-refractivity contribution in [2.45, 2.75) is 6.92 Å². The lowest BCUT2D eigenvalue weighted by Gasteiger charge is -2.03. The van der Waals surface area contributed by atoms with E-state index in [1.54, 1.807) is 25.3 Å². The minimum atomic E-state index is 0.120. The Kier molecular flexibility index (Phi) is 2.59. The fraction of sp³-hybridized carbons (Fsp3) is 0.143. The van der Waals surface area contributed by atoms with Gasteiger partial charge >= 0.3 is 0 Å². The second kappa shape index (κ2) is 4.28. The number of H-pyrrole nitrogens is 1. The molecule has 0 fully saturated rings. The first kappa shape index (κ1) is 11.5. The van der Waals surface area contributed by atoms with Crippen LogP contribution in [0.1, 0.15) is 5.69 Å². The highest BCUT2D eigenvalue weighted by atomic mass is 16.5. The summed E-state index contributed by atoms with van der Waals surface area (Å²) >= 11 is 0. The van der Waals surface area contributed by atoms with Crippen molar-refractivity contribution in [1.29, 1.82) is 0 Å². The average Bonchev–Trinajstić information content (AvgIpc) is 2.81. The maximum absolute atomic E-state index is 10.00. The molecule has 2 aromatic heterocycles. The molecule has 3 rings (SSSR count). The number of rotatable bonds is 2. The van der Waals surface area contributed by atoms with Crippen LogP contribution >= 0.6 is 0 Å². The molecule has 0 aliphatic heterocycles. The number of imidazole rings is 1. The van der Waals surface area contributed by atoms with E-state index in [4.69, 9.17) is 4.74 Å². The Labute approximate surface area is 109 Å². The first-order chi connectivity index (χ1) is 9.17. The molecule has 0 unspecified atom stereocenters. The van der Waals surface area contributed by atoms with Gasteiger partial charge in [0.15, 0.2) is 5.65 Å². The van der Waals surface area contributed by atoms with Gasteiger partial charge in [-0.25, -0.2) is 9.97 Å². The topological polar surface area (TPSA) is 71.0 Å². The Morgan fingerprint density at radius 1 is 1.16 bits per heavy atom. The molecule has 0 amide bonds. The van der Waals surface area contributed by atoms with Crippen LogP contribution in [0.15, 0.2) is 30.3 Å². The number of nitrogens with one attached hydrogen (secondary N) is 1. The largest absolute Gasteiger partial charge is 0.507 e. The van der Waals surface area contributed by atoms with Crippen LogP contribution in [0, 0.1) is 6.92 Å². The normalized spacial score (nSPS) is 10.8. The number of aromatic hydroxyl groups is 1. The number of nitrogens with zero attached hydrogens (tertiary/aromatic N) is 2. The second-order valence-electron chi connectivity index (χ2n) is 4.29. The molecule has 0 saturated heterocycles. The molecule has 3 aromatic rings. The fourth-order valence-electron chi connectivity index (χ4n) is 1.95. The summed E-state index contributed by atoms with van der Waals surface area (Å²) in [4.78, 5) is 11.9. The highest BCUT2D eigenvalue weighted by Gasteiger charge is 2.11. The number of hydrogen-bond donors (Lipinski definition) is 2. The SMILES string of the molecule is COc1ccc(-c2nc3nc(C)ccc3[nH]2)c(O)c1. The number of fused-ring (bicyclic) bond motifs is 1. The molecular formula is C14H13N3O2. The Morgan fingerprint density at radius 2 is 2.00 bits per heavy atom. The number of ether oxygens (including phenoxy) is 1. The monoisotopic (exact) mass is 255 g/mol. The van der Waals surface area contributed by atoms with Gasteiger partial charge in [-0.3, -0.25) is 0 Å². The standard InChI is InChI=1S/C14H13N3O2/c1-8-3-6-11-14(15-8)17-13(16-11)10-5-4-9(19-2)7-12(10)18/h3-7,18H,1-2H3,(H,15,16,17). The van der Waals surface area contributed by atoms with E-state index in [-0.39, 0.29) is 5.75 Å². The van der Waals surface area contributed by atoms with Crippen molar-refractivity contribution in [3.05, 3.63) is 36.0 Å². The van der Waals surface area contributed by atoms with Gasteiger partial charge in [-0.05, 0) is 31.2 Å². The van der Waals surface area contributed by atoms with Crippen LogP contribution < -0.4 is 4.74 Å². The lowest BCUT2D eigenvalue weighted by atomic mass is 10.2. The maximum atomic E-state index is 10.00. The zero-order chi connectivity index (χ0) is 13.4. The molecule has 5 nitrogen and oxygen atoms in total. The molecule has 0 bridgehead atoms. The van der Waals surface area contributed by atoms with Crippen molar-refractivity contribution in [2.24, 2.45) is 0 Å². The summed E-state index contributed by atoms with van der Waals surface area (Å²) in [6.45, 7) is 1.92. The zero-order valence-electron chi connectivity index (χ0n) is 10.6. The summed E-state index contributed by atoms with van der Waals surface area (Å²) in [5.41, 5.74) is 3.02. The predicted octanol–water partition coefficient (Wildman–Crippen LogP) is 2.65. The molecule has 5 heteroatoms. The van der Waals surface area contributed by atoms with Crippen molar-refractivity contribution < 1.29 is 9.84 Å². The van der Waals surface area contributed by atoms with Gasteiger partial charge in [0.2, 0.25) is 0 Å². The van der Waals surface area contributed by atoms with E-state index in [1.807, 2.05) is 19.1 Å². The lowest BCUT2D eigenvalue weighted by molar-refractivity contribution is 0.408. The number of aromatic amines is 1. The summed E-state index contributed by atoms with van der Waals surface area (Å²) in [5.74, 6) is 1.31. The summed E-state index contributed by atoms with van der Waals surface area (Å²) in [6.07, 6.45) is 0. The van der Waals surface area contributed by atoms with Crippen molar-refractivity contribution in [1.82, 2.24) is 15.0 Å². The molecule has 0 aliphatic carbocycles. The molecule has 0 saturated carbocycles. The van der Waals surface area contributed by atoms with Crippen molar-refractivity contribution in [3.8, 4) is 22.9 Å². The zero-order valence-corrected chi connectivity index (χ0v) is 10.6. The van der Waals surface area contributed by atoms with Gasteiger partial charge in [-0.15, -0.1) is 0 Å². The second-order valence-corrected chi connectivity index (χ2v) is 4.29. The van der Waals surface area contributed by atoms with Gasteiger partial charge in [-0.1, -0.05) is 0 Å². The van der Waals surface area contributed by atoms with E-state index in [1.165, 1.54) is 0 Å². The highest BCUT2D eigenvalue weighted by Crippen LogP contribution is 2.31. The molecule has 2 heterocycles. The van der Waals surface area contributed by atoms with Gasteiger partial charge in [-0.2, -0.15) is 0 Å². The summed E-state index contributed by atoms with van der Waals surface area (Å²) in [5, 5.41) is 10.00. The molecule has 0 aliphatic rings. The number of methoxy groups -OCH3 is 1. The van der Waals surface area contributed by atoms with Crippen molar-refractivity contribution in [2.75, 3.05) is 7.11 Å². The van der Waals surface area contributed by atoms with Crippen LogP contribution in [0.25, 0.3) is 22.6 Å². The van der Waals surface area contributed by atoms with E-state index in [0.29, 0.717) is 22.8 Å². The Morgan fingerprint density at radius 3 is 2.74 bits per heavy atom. The molecule has 0 atom stereocenters. The van der Waals surface area contributed by atoms with Crippen LogP contribution in [0.4, 0.5) is 0 Å². The smallest absolute Gasteiger partial charge is 0.178 e. The molecule has 0 spiro atoms. The minimum absolute atomic E-state index is 0.120. The molecule has 1 aromatic carbocycles. The third-order valence-corrected chi connectivity index (χ3v) is 2.95. The Hall–Kier alpha value is -2.56. The summed E-state index contributed by atoms with van der Waals surface area (Å²) in [6, 6.07) is 8.94. The van der Waals surface area contributed by atoms with Gasteiger partial charge < -0.3 is 14.8 Å². The third-order valence-electron chi connectivity index (χ3n) is 2.95. The number of aromatic nitrogens is 3.